The number of aryl methyl sites for hydroxylation is 1. The maximum atomic E-state index is 12.0. The third-order valence-corrected chi connectivity index (χ3v) is 3.13. The molecule has 0 aromatic carbocycles. The molecule has 6 nitrogen and oxygen atoms in total. The largest absolute Gasteiger partial charge is 0.324 e. The summed E-state index contributed by atoms with van der Waals surface area (Å²) in [6.07, 6.45) is 2.37. The first-order valence-corrected chi connectivity index (χ1v) is 7.35. The topological polar surface area (TPSA) is 82.7 Å². The average Bonchev–Trinajstić information content (AvgIpc) is 2.77. The van der Waals surface area contributed by atoms with E-state index >= 15 is 0 Å². The summed E-state index contributed by atoms with van der Waals surface area (Å²) in [4.78, 5) is 15.9. The predicted octanol–water partition coefficient (Wildman–Crippen LogP) is 4.00. The van der Waals surface area contributed by atoms with Crippen LogP contribution in [0.4, 0.5) is 16.3 Å². The van der Waals surface area contributed by atoms with E-state index in [1.165, 1.54) is 6.20 Å². The van der Waals surface area contributed by atoms with Gasteiger partial charge in [0.05, 0.1) is 11.9 Å². The van der Waals surface area contributed by atoms with Crippen LogP contribution in [-0.4, -0.2) is 21.2 Å². The Hall–Kier alpha value is -2.08. The molecule has 0 radical (unpaired) electrons. The molecule has 0 aliphatic rings. The van der Waals surface area contributed by atoms with Crippen molar-refractivity contribution in [2.24, 2.45) is 5.41 Å². The SMILES string of the molecule is Cc1cc(Cl)ncc1NC(=O)Nc1cc(CC(C)(C)C)[nH]n1. The van der Waals surface area contributed by atoms with Crippen molar-refractivity contribution in [2.45, 2.75) is 34.1 Å². The fraction of sp³-hybridized carbons (Fsp3) is 0.400. The fourth-order valence-electron chi connectivity index (χ4n) is 2.01. The van der Waals surface area contributed by atoms with Crippen molar-refractivity contribution >= 4 is 29.1 Å². The highest BCUT2D eigenvalue weighted by atomic mass is 35.5. The van der Waals surface area contributed by atoms with Gasteiger partial charge in [0.15, 0.2) is 5.82 Å². The number of nitrogens with one attached hydrogen (secondary N) is 3. The Morgan fingerprint density at radius 3 is 2.68 bits per heavy atom. The number of aromatic amines is 1. The van der Waals surface area contributed by atoms with E-state index in [1.807, 2.05) is 13.0 Å². The Bertz CT molecular complexity index is 675. The standard InChI is InChI=1S/C15H20ClN5O/c1-9-5-12(16)17-8-11(9)18-14(22)19-13-6-10(20-21-13)7-15(2,3)4/h5-6,8H,7H2,1-4H3,(H3,18,19,20,21,22). The van der Waals surface area contributed by atoms with Crippen molar-refractivity contribution in [3.63, 3.8) is 0 Å². The van der Waals surface area contributed by atoms with Gasteiger partial charge >= 0.3 is 6.03 Å². The molecule has 0 aliphatic carbocycles. The normalized spacial score (nSPS) is 11.3. The molecule has 0 bridgehead atoms. The van der Waals surface area contributed by atoms with Gasteiger partial charge in [-0.25, -0.2) is 9.78 Å². The van der Waals surface area contributed by atoms with Gasteiger partial charge < -0.3 is 5.32 Å². The zero-order chi connectivity index (χ0) is 16.3. The Morgan fingerprint density at radius 2 is 2.05 bits per heavy atom. The minimum Gasteiger partial charge on any atom is -0.306 e. The van der Waals surface area contributed by atoms with E-state index in [4.69, 9.17) is 11.6 Å². The highest BCUT2D eigenvalue weighted by Gasteiger charge is 2.14. The summed E-state index contributed by atoms with van der Waals surface area (Å²) in [5, 5.41) is 12.8. The second-order valence-electron chi connectivity index (χ2n) is 6.42. The number of carbonyl (C=O) groups excluding carboxylic acids is 1. The van der Waals surface area contributed by atoms with Crippen molar-refractivity contribution in [1.82, 2.24) is 15.2 Å². The van der Waals surface area contributed by atoms with E-state index < -0.39 is 0 Å². The maximum Gasteiger partial charge on any atom is 0.324 e. The van der Waals surface area contributed by atoms with Gasteiger partial charge in [0.25, 0.3) is 0 Å². The van der Waals surface area contributed by atoms with E-state index in [-0.39, 0.29) is 11.4 Å². The summed E-state index contributed by atoms with van der Waals surface area (Å²) in [6.45, 7) is 8.27. The molecule has 22 heavy (non-hydrogen) atoms. The number of anilines is 2. The molecule has 3 N–H and O–H groups in total. The lowest BCUT2D eigenvalue weighted by Gasteiger charge is -2.15. The van der Waals surface area contributed by atoms with Crippen molar-refractivity contribution in [3.8, 4) is 0 Å². The van der Waals surface area contributed by atoms with Crippen LogP contribution >= 0.6 is 11.6 Å². The molecule has 2 amide bonds. The van der Waals surface area contributed by atoms with Crippen LogP contribution < -0.4 is 10.6 Å². The molecule has 2 rings (SSSR count). The molecule has 0 spiro atoms. The van der Waals surface area contributed by atoms with Crippen molar-refractivity contribution < 1.29 is 4.79 Å². The predicted molar refractivity (Wildman–Crippen MR) is 88.4 cm³/mol. The van der Waals surface area contributed by atoms with Crippen LogP contribution in [0.2, 0.25) is 5.15 Å². The van der Waals surface area contributed by atoms with Crippen LogP contribution in [0.1, 0.15) is 32.0 Å². The molecule has 2 aromatic heterocycles. The lowest BCUT2D eigenvalue weighted by molar-refractivity contribution is 0.262. The first-order valence-electron chi connectivity index (χ1n) is 6.97. The molecular formula is C15H20ClN5O. The van der Waals surface area contributed by atoms with E-state index in [2.05, 4.69) is 46.6 Å². The second-order valence-corrected chi connectivity index (χ2v) is 6.80. The summed E-state index contributed by atoms with van der Waals surface area (Å²) in [7, 11) is 0. The first kappa shape index (κ1) is 16.3. The Morgan fingerprint density at radius 1 is 1.32 bits per heavy atom. The van der Waals surface area contributed by atoms with Crippen LogP contribution in [0.25, 0.3) is 0 Å². The molecule has 2 aromatic rings. The van der Waals surface area contributed by atoms with E-state index in [1.54, 1.807) is 6.07 Å². The first-order chi connectivity index (χ1) is 10.2. The summed E-state index contributed by atoms with van der Waals surface area (Å²) < 4.78 is 0. The number of halogens is 1. The number of nitrogens with zero attached hydrogens (tertiary/aromatic N) is 2. The molecule has 0 saturated heterocycles. The smallest absolute Gasteiger partial charge is 0.306 e. The van der Waals surface area contributed by atoms with E-state index in [9.17, 15) is 4.79 Å². The number of H-pyrrole nitrogens is 1. The molecule has 0 atom stereocenters. The van der Waals surface area contributed by atoms with Gasteiger partial charge in [-0.2, -0.15) is 5.10 Å². The van der Waals surface area contributed by atoms with Crippen LogP contribution in [-0.2, 0) is 6.42 Å². The zero-order valence-corrected chi connectivity index (χ0v) is 13.9. The number of hydrogen-bond donors (Lipinski definition) is 3. The van der Waals surface area contributed by atoms with Crippen LogP contribution in [0.5, 0.6) is 0 Å². The molecule has 0 saturated carbocycles. The Balaban J connectivity index is 1.97. The number of rotatable bonds is 3. The van der Waals surface area contributed by atoms with Crippen molar-refractivity contribution in [3.05, 3.63) is 34.7 Å². The average molecular weight is 322 g/mol. The molecule has 0 unspecified atom stereocenters. The summed E-state index contributed by atoms with van der Waals surface area (Å²) in [5.74, 6) is 0.483. The molecule has 0 aliphatic heterocycles. The third-order valence-electron chi connectivity index (χ3n) is 2.92. The van der Waals surface area contributed by atoms with Gasteiger partial charge in [0.2, 0.25) is 0 Å². The lowest BCUT2D eigenvalue weighted by Crippen LogP contribution is -2.20. The van der Waals surface area contributed by atoms with Gasteiger partial charge in [0.1, 0.15) is 5.15 Å². The fourth-order valence-corrected chi connectivity index (χ4v) is 2.22. The third kappa shape index (κ3) is 4.73. The van der Waals surface area contributed by atoms with Gasteiger partial charge in [0, 0.05) is 11.8 Å². The van der Waals surface area contributed by atoms with Crippen LogP contribution in [0.3, 0.4) is 0 Å². The lowest BCUT2D eigenvalue weighted by atomic mass is 9.91. The zero-order valence-electron chi connectivity index (χ0n) is 13.1. The Kier molecular flexibility index (Phi) is 4.71. The minimum atomic E-state index is -0.374. The van der Waals surface area contributed by atoms with Gasteiger partial charge in [-0.15, -0.1) is 0 Å². The molecular weight excluding hydrogens is 302 g/mol. The molecule has 7 heteroatoms. The number of pyridine rings is 1. The minimum absolute atomic E-state index is 0.151. The number of urea groups is 1. The number of hydrogen-bond acceptors (Lipinski definition) is 3. The van der Waals surface area contributed by atoms with Gasteiger partial charge in [-0.05, 0) is 30.4 Å². The number of carbonyl (C=O) groups is 1. The second kappa shape index (κ2) is 6.36. The van der Waals surface area contributed by atoms with E-state index in [0.29, 0.717) is 16.7 Å². The molecule has 118 valence electrons. The van der Waals surface area contributed by atoms with Crippen LogP contribution in [0.15, 0.2) is 18.3 Å². The maximum absolute atomic E-state index is 12.0. The Labute approximate surface area is 134 Å². The summed E-state index contributed by atoms with van der Waals surface area (Å²) >= 11 is 5.79. The summed E-state index contributed by atoms with van der Waals surface area (Å²) in [5.41, 5.74) is 2.57. The van der Waals surface area contributed by atoms with Crippen molar-refractivity contribution in [2.75, 3.05) is 10.6 Å². The quantitative estimate of drug-likeness (QED) is 0.747. The van der Waals surface area contributed by atoms with Gasteiger partial charge in [-0.3, -0.25) is 10.4 Å². The molecule has 2 heterocycles. The van der Waals surface area contributed by atoms with Crippen LogP contribution in [0, 0.1) is 12.3 Å². The number of amides is 2. The molecule has 0 fully saturated rings. The highest BCUT2D eigenvalue weighted by molar-refractivity contribution is 6.29. The van der Waals surface area contributed by atoms with E-state index in [0.717, 1.165) is 17.7 Å². The van der Waals surface area contributed by atoms with Crippen molar-refractivity contribution in [1.29, 1.82) is 0 Å². The number of aromatic nitrogens is 3. The van der Waals surface area contributed by atoms with Gasteiger partial charge in [-0.1, -0.05) is 32.4 Å². The monoisotopic (exact) mass is 321 g/mol. The highest BCUT2D eigenvalue weighted by Crippen LogP contribution is 2.21. The summed E-state index contributed by atoms with van der Waals surface area (Å²) in [6, 6.07) is 3.14.